The number of fused-ring (bicyclic) bond motifs is 1. The van der Waals surface area contributed by atoms with Crippen molar-refractivity contribution in [2.45, 2.75) is 38.3 Å². The zero-order valence-electron chi connectivity index (χ0n) is 17.7. The summed E-state index contributed by atoms with van der Waals surface area (Å²) in [6.07, 6.45) is 2.33. The van der Waals surface area contributed by atoms with Crippen molar-refractivity contribution in [3.63, 3.8) is 0 Å². The van der Waals surface area contributed by atoms with Crippen LogP contribution in [0.4, 0.5) is 0 Å². The van der Waals surface area contributed by atoms with E-state index in [1.165, 1.54) is 18.4 Å². The van der Waals surface area contributed by atoms with Gasteiger partial charge in [0.15, 0.2) is 0 Å². The topological polar surface area (TPSA) is 85.7 Å². The van der Waals surface area contributed by atoms with Gasteiger partial charge in [-0.25, -0.2) is 0 Å². The zero-order chi connectivity index (χ0) is 22.1. The molecule has 1 aliphatic rings. The maximum Gasteiger partial charge on any atom is 0.307 e. The summed E-state index contributed by atoms with van der Waals surface area (Å²) in [5.74, 6) is 1.21. The second-order valence-electron chi connectivity index (χ2n) is 8.31. The first-order chi connectivity index (χ1) is 15.6. The summed E-state index contributed by atoms with van der Waals surface area (Å²) in [4.78, 5) is 11.2. The van der Waals surface area contributed by atoms with Crippen LogP contribution in [0.25, 0.3) is 22.3 Å². The Morgan fingerprint density at radius 3 is 2.59 bits per heavy atom. The van der Waals surface area contributed by atoms with Gasteiger partial charge in [0.25, 0.3) is 0 Å². The molecule has 3 aromatic carbocycles. The van der Waals surface area contributed by atoms with Gasteiger partial charge in [0, 0.05) is 12.1 Å². The molecule has 162 valence electrons. The zero-order valence-corrected chi connectivity index (χ0v) is 17.7. The molecule has 0 spiro atoms. The Bertz CT molecular complexity index is 1290. The number of carboxylic acids is 1. The number of ether oxygens (including phenoxy) is 1. The van der Waals surface area contributed by atoms with Crippen LogP contribution in [0.15, 0.2) is 71.1 Å². The summed E-state index contributed by atoms with van der Waals surface area (Å²) in [6.45, 7) is 0.774. The number of aliphatic carboxylic acids is 1. The van der Waals surface area contributed by atoms with Gasteiger partial charge in [-0.1, -0.05) is 48.5 Å². The number of carboxylic acid groups (broad SMARTS) is 1. The minimum absolute atomic E-state index is 0.0249. The molecular weight excluding hydrogens is 402 g/mol. The largest absolute Gasteiger partial charge is 0.488 e. The first-order valence-corrected chi connectivity index (χ1v) is 10.9. The first-order valence-electron chi connectivity index (χ1n) is 10.9. The molecule has 5 rings (SSSR count). The van der Waals surface area contributed by atoms with Crippen molar-refractivity contribution < 1.29 is 19.1 Å². The van der Waals surface area contributed by atoms with E-state index in [1.54, 1.807) is 0 Å². The minimum atomic E-state index is -0.854. The quantitative estimate of drug-likeness (QED) is 0.380. The van der Waals surface area contributed by atoms with Gasteiger partial charge in [-0.2, -0.15) is 0 Å². The van der Waals surface area contributed by atoms with E-state index in [0.29, 0.717) is 19.1 Å². The Morgan fingerprint density at radius 1 is 1.03 bits per heavy atom. The fourth-order valence-corrected chi connectivity index (χ4v) is 4.14. The number of carbonyl (C=O) groups is 1. The maximum absolute atomic E-state index is 11.2. The van der Waals surface area contributed by atoms with E-state index in [2.05, 4.69) is 12.1 Å². The van der Waals surface area contributed by atoms with Crippen LogP contribution in [0.3, 0.4) is 0 Å². The average molecular weight is 428 g/mol. The molecule has 32 heavy (non-hydrogen) atoms. The predicted octanol–water partition coefficient (Wildman–Crippen LogP) is 5.64. The van der Waals surface area contributed by atoms with Crippen molar-refractivity contribution in [3.05, 3.63) is 89.0 Å². The highest BCUT2D eigenvalue weighted by Gasteiger charge is 2.28. The molecule has 4 aromatic rings. The number of benzene rings is 3. The van der Waals surface area contributed by atoms with Crippen molar-refractivity contribution in [2.24, 2.45) is 5.73 Å². The molecule has 1 aliphatic carbocycles. The smallest absolute Gasteiger partial charge is 0.307 e. The molecule has 1 saturated carbocycles. The maximum atomic E-state index is 11.2. The summed E-state index contributed by atoms with van der Waals surface area (Å²) < 4.78 is 12.6. The molecule has 5 heteroatoms. The normalized spacial score (nSPS) is 13.4. The molecule has 0 saturated heterocycles. The highest BCUT2D eigenvalue weighted by molar-refractivity contribution is 5.91. The van der Waals surface area contributed by atoms with Crippen LogP contribution >= 0.6 is 0 Å². The van der Waals surface area contributed by atoms with E-state index in [9.17, 15) is 9.90 Å². The summed E-state index contributed by atoms with van der Waals surface area (Å²) in [5, 5.41) is 10.1. The number of hydrogen-bond donors (Lipinski definition) is 2. The van der Waals surface area contributed by atoms with Crippen LogP contribution in [0.2, 0.25) is 0 Å². The Labute approximate surface area is 186 Å². The van der Waals surface area contributed by atoms with Gasteiger partial charge in [-0.3, -0.25) is 4.79 Å². The molecule has 0 unspecified atom stereocenters. The molecule has 0 bridgehead atoms. The number of hydrogen-bond acceptors (Lipinski definition) is 4. The van der Waals surface area contributed by atoms with Gasteiger partial charge in [0.2, 0.25) is 0 Å². The summed E-state index contributed by atoms with van der Waals surface area (Å²) in [7, 11) is 0. The molecule has 0 amide bonds. The number of nitrogens with two attached hydrogens (primary N) is 1. The molecule has 0 atom stereocenters. The Morgan fingerprint density at radius 2 is 1.84 bits per heavy atom. The van der Waals surface area contributed by atoms with E-state index >= 15 is 0 Å². The molecule has 1 heterocycles. The monoisotopic (exact) mass is 427 g/mol. The van der Waals surface area contributed by atoms with E-state index in [0.717, 1.165) is 44.7 Å². The molecule has 3 N–H and O–H groups in total. The van der Waals surface area contributed by atoms with Gasteiger partial charge >= 0.3 is 5.97 Å². The average Bonchev–Trinajstić information content (AvgIpc) is 3.55. The summed E-state index contributed by atoms with van der Waals surface area (Å²) in [5.41, 5.74) is 11.6. The first kappa shape index (κ1) is 20.3. The van der Waals surface area contributed by atoms with Gasteiger partial charge in [-0.05, 0) is 59.2 Å². The third kappa shape index (κ3) is 4.12. The van der Waals surface area contributed by atoms with Gasteiger partial charge in [-0.15, -0.1) is 0 Å². The van der Waals surface area contributed by atoms with E-state index in [-0.39, 0.29) is 6.42 Å². The Kier molecular flexibility index (Phi) is 5.41. The molecule has 0 aliphatic heterocycles. The van der Waals surface area contributed by atoms with Crippen LogP contribution in [-0.2, 0) is 24.4 Å². The second kappa shape index (κ2) is 8.52. The van der Waals surface area contributed by atoms with Crippen molar-refractivity contribution in [2.75, 3.05) is 0 Å². The van der Waals surface area contributed by atoms with E-state index in [1.807, 2.05) is 54.6 Å². The van der Waals surface area contributed by atoms with Crippen molar-refractivity contribution in [3.8, 4) is 17.1 Å². The van der Waals surface area contributed by atoms with Crippen LogP contribution in [0.5, 0.6) is 5.75 Å². The van der Waals surface area contributed by atoms with Gasteiger partial charge in [0.1, 0.15) is 23.7 Å². The van der Waals surface area contributed by atoms with Gasteiger partial charge < -0.3 is 20.0 Å². The lowest BCUT2D eigenvalue weighted by molar-refractivity contribution is -0.136. The van der Waals surface area contributed by atoms with Crippen molar-refractivity contribution in [1.82, 2.24) is 0 Å². The van der Waals surface area contributed by atoms with E-state index < -0.39 is 5.97 Å². The third-order valence-electron chi connectivity index (χ3n) is 5.98. The van der Waals surface area contributed by atoms with Crippen molar-refractivity contribution >= 4 is 16.9 Å². The van der Waals surface area contributed by atoms with Gasteiger partial charge in [0.05, 0.1) is 11.8 Å². The highest BCUT2D eigenvalue weighted by Crippen LogP contribution is 2.46. The highest BCUT2D eigenvalue weighted by atomic mass is 16.5. The summed E-state index contributed by atoms with van der Waals surface area (Å²) >= 11 is 0. The lowest BCUT2D eigenvalue weighted by Gasteiger charge is -2.11. The van der Waals surface area contributed by atoms with Crippen LogP contribution in [0.1, 0.15) is 41.0 Å². The molecular formula is C27H25NO4. The molecule has 0 radical (unpaired) electrons. The fraction of sp³-hybridized carbons (Fsp3) is 0.222. The third-order valence-corrected chi connectivity index (χ3v) is 5.98. The van der Waals surface area contributed by atoms with Crippen LogP contribution < -0.4 is 10.5 Å². The lowest BCUT2D eigenvalue weighted by Crippen LogP contribution is -2.06. The molecule has 5 nitrogen and oxygen atoms in total. The van der Waals surface area contributed by atoms with Crippen molar-refractivity contribution in [1.29, 1.82) is 0 Å². The lowest BCUT2D eigenvalue weighted by atomic mass is 10.0. The standard InChI is InChI=1S/C27H25NO4/c28-15-17-4-3-7-20(12-17)25-14-23-24(11-10-22(18-8-9-18)27(23)32-25)31-16-21-6-2-1-5-19(21)13-26(29)30/h1-7,10-12,14,18H,8-9,13,15-16,28H2,(H,29,30). The SMILES string of the molecule is NCc1cccc(-c2cc3c(OCc4ccccc4CC(=O)O)ccc(C4CC4)c3o2)c1. The van der Waals surface area contributed by atoms with Crippen LogP contribution in [-0.4, -0.2) is 11.1 Å². The number of rotatable bonds is 8. The Balaban J connectivity index is 1.51. The Hall–Kier alpha value is -3.57. The fourth-order valence-electron chi connectivity index (χ4n) is 4.14. The molecule has 1 fully saturated rings. The predicted molar refractivity (Wildman–Crippen MR) is 124 cm³/mol. The summed E-state index contributed by atoms with van der Waals surface area (Å²) in [6, 6.07) is 21.7. The molecule has 1 aromatic heterocycles. The number of furan rings is 1. The second-order valence-corrected chi connectivity index (χ2v) is 8.31. The minimum Gasteiger partial charge on any atom is -0.488 e. The van der Waals surface area contributed by atoms with Crippen LogP contribution in [0, 0.1) is 0 Å². The van der Waals surface area contributed by atoms with E-state index in [4.69, 9.17) is 14.9 Å².